The van der Waals surface area contributed by atoms with Crippen LogP contribution in [-0.2, 0) is 10.0 Å². The van der Waals surface area contributed by atoms with Gasteiger partial charge >= 0.3 is 0 Å². The van der Waals surface area contributed by atoms with Crippen LogP contribution in [0.15, 0.2) is 51.3 Å². The highest BCUT2D eigenvalue weighted by Crippen LogP contribution is 2.27. The standard InChI is InChI=1S/C19H18BrN3O3S2/c1-13-11-14-3-2-4-16(18(14)21-12-13)28(25,26)23-9-7-22(8-10-23)19(24)15-5-6-17(20)27-15/h2-6,11-12H,7-10H2,1H3. The summed E-state index contributed by atoms with van der Waals surface area (Å²) in [5.41, 5.74) is 1.46. The molecule has 6 nitrogen and oxygen atoms in total. The molecule has 4 rings (SSSR count). The van der Waals surface area contributed by atoms with Crippen LogP contribution >= 0.6 is 27.3 Å². The number of sulfonamides is 1. The van der Waals surface area contributed by atoms with Crippen LogP contribution in [0.5, 0.6) is 0 Å². The Morgan fingerprint density at radius 2 is 1.89 bits per heavy atom. The molecule has 0 bridgehead atoms. The number of halogens is 1. The molecule has 9 heteroatoms. The Bertz CT molecular complexity index is 1150. The van der Waals surface area contributed by atoms with Crippen molar-refractivity contribution in [1.82, 2.24) is 14.2 Å². The second-order valence-electron chi connectivity index (χ2n) is 6.64. The third kappa shape index (κ3) is 3.59. The zero-order valence-electron chi connectivity index (χ0n) is 15.1. The van der Waals surface area contributed by atoms with Crippen LogP contribution in [0, 0.1) is 6.92 Å². The van der Waals surface area contributed by atoms with Crippen molar-refractivity contribution in [3.8, 4) is 0 Å². The summed E-state index contributed by atoms with van der Waals surface area (Å²) in [5.74, 6) is -0.0601. The monoisotopic (exact) mass is 479 g/mol. The predicted molar refractivity (Wildman–Crippen MR) is 113 cm³/mol. The van der Waals surface area contributed by atoms with Gasteiger partial charge in [-0.25, -0.2) is 8.42 Å². The van der Waals surface area contributed by atoms with Gasteiger partial charge in [0.15, 0.2) is 0 Å². The first-order chi connectivity index (χ1) is 13.4. The summed E-state index contributed by atoms with van der Waals surface area (Å²) in [5, 5.41) is 0.804. The highest BCUT2D eigenvalue weighted by molar-refractivity contribution is 9.11. The number of hydrogen-bond donors (Lipinski definition) is 0. The number of para-hydroxylation sites is 1. The quantitative estimate of drug-likeness (QED) is 0.576. The third-order valence-corrected chi connectivity index (χ3v) is 8.28. The summed E-state index contributed by atoms with van der Waals surface area (Å²) in [6.45, 7) is 3.19. The summed E-state index contributed by atoms with van der Waals surface area (Å²) in [7, 11) is -3.68. The second kappa shape index (κ2) is 7.55. The molecule has 0 aliphatic carbocycles. The molecule has 146 valence electrons. The zero-order valence-corrected chi connectivity index (χ0v) is 18.3. The molecule has 0 saturated carbocycles. The number of piperazine rings is 1. The molecule has 1 amide bonds. The van der Waals surface area contributed by atoms with E-state index < -0.39 is 10.0 Å². The summed E-state index contributed by atoms with van der Waals surface area (Å²) in [6.07, 6.45) is 1.68. The van der Waals surface area contributed by atoms with Crippen molar-refractivity contribution in [2.24, 2.45) is 0 Å². The van der Waals surface area contributed by atoms with Gasteiger partial charge in [0.2, 0.25) is 10.0 Å². The van der Waals surface area contributed by atoms with Crippen LogP contribution < -0.4 is 0 Å². The highest BCUT2D eigenvalue weighted by atomic mass is 79.9. The fourth-order valence-electron chi connectivity index (χ4n) is 3.31. The number of hydrogen-bond acceptors (Lipinski definition) is 5. The Kier molecular flexibility index (Phi) is 5.26. The average Bonchev–Trinajstić information content (AvgIpc) is 3.13. The molecule has 1 aromatic carbocycles. The molecule has 0 atom stereocenters. The number of fused-ring (bicyclic) bond motifs is 1. The van der Waals surface area contributed by atoms with Crippen molar-refractivity contribution in [2.45, 2.75) is 11.8 Å². The van der Waals surface area contributed by atoms with Gasteiger partial charge in [-0.2, -0.15) is 4.31 Å². The number of nitrogens with zero attached hydrogens (tertiary/aromatic N) is 3. The number of aromatic nitrogens is 1. The predicted octanol–water partition coefficient (Wildman–Crippen LogP) is 3.51. The van der Waals surface area contributed by atoms with E-state index in [-0.39, 0.29) is 23.9 Å². The first kappa shape index (κ1) is 19.5. The molecule has 0 radical (unpaired) electrons. The van der Waals surface area contributed by atoms with E-state index >= 15 is 0 Å². The highest BCUT2D eigenvalue weighted by Gasteiger charge is 2.32. The van der Waals surface area contributed by atoms with E-state index in [2.05, 4.69) is 20.9 Å². The van der Waals surface area contributed by atoms with Gasteiger partial charge in [-0.05, 0) is 52.7 Å². The fraction of sp³-hybridized carbons (Fsp3) is 0.263. The zero-order chi connectivity index (χ0) is 19.9. The molecule has 1 fully saturated rings. The van der Waals surface area contributed by atoms with Gasteiger partial charge in [0.05, 0.1) is 14.2 Å². The van der Waals surface area contributed by atoms with Gasteiger partial charge < -0.3 is 4.90 Å². The van der Waals surface area contributed by atoms with Crippen molar-refractivity contribution in [2.75, 3.05) is 26.2 Å². The van der Waals surface area contributed by atoms with Crippen LogP contribution in [0.4, 0.5) is 0 Å². The van der Waals surface area contributed by atoms with Crippen molar-refractivity contribution in [1.29, 1.82) is 0 Å². The summed E-state index contributed by atoms with van der Waals surface area (Å²) in [6, 6.07) is 10.8. The normalized spacial score (nSPS) is 15.9. The number of amides is 1. The molecule has 1 aliphatic rings. The first-order valence-electron chi connectivity index (χ1n) is 8.76. The maximum Gasteiger partial charge on any atom is 0.264 e. The number of rotatable bonds is 3. The van der Waals surface area contributed by atoms with Crippen LogP contribution in [0.3, 0.4) is 0 Å². The third-order valence-electron chi connectivity index (χ3n) is 4.74. The van der Waals surface area contributed by atoms with Crippen molar-refractivity contribution in [3.05, 3.63) is 56.8 Å². The minimum atomic E-state index is -3.68. The molecular weight excluding hydrogens is 462 g/mol. The summed E-state index contributed by atoms with van der Waals surface area (Å²) >= 11 is 4.74. The number of benzene rings is 1. The molecule has 28 heavy (non-hydrogen) atoms. The minimum Gasteiger partial charge on any atom is -0.335 e. The van der Waals surface area contributed by atoms with E-state index in [0.29, 0.717) is 23.5 Å². The molecule has 0 spiro atoms. The summed E-state index contributed by atoms with van der Waals surface area (Å²) in [4.78, 5) is 19.5. The van der Waals surface area contributed by atoms with E-state index in [9.17, 15) is 13.2 Å². The Labute approximate surface area is 176 Å². The number of pyridine rings is 1. The molecule has 0 unspecified atom stereocenters. The Morgan fingerprint density at radius 3 is 2.57 bits per heavy atom. The smallest absolute Gasteiger partial charge is 0.264 e. The van der Waals surface area contributed by atoms with Crippen LogP contribution in [0.2, 0.25) is 0 Å². The number of aryl methyl sites for hydroxylation is 1. The summed E-state index contributed by atoms with van der Waals surface area (Å²) < 4.78 is 28.8. The molecular formula is C19H18BrN3O3S2. The molecule has 1 saturated heterocycles. The Hall–Kier alpha value is -1.81. The van der Waals surface area contributed by atoms with Gasteiger partial charge in [0.25, 0.3) is 5.91 Å². The van der Waals surface area contributed by atoms with Gasteiger partial charge in [-0.3, -0.25) is 9.78 Å². The molecule has 3 heterocycles. The first-order valence-corrected chi connectivity index (χ1v) is 11.8. The fourth-order valence-corrected chi connectivity index (χ4v) is 6.25. The van der Waals surface area contributed by atoms with Crippen LogP contribution in [0.25, 0.3) is 10.9 Å². The molecule has 3 aromatic rings. The van der Waals surface area contributed by atoms with E-state index in [0.717, 1.165) is 14.7 Å². The molecule has 2 aromatic heterocycles. The van der Waals surface area contributed by atoms with Crippen molar-refractivity contribution >= 4 is 54.1 Å². The van der Waals surface area contributed by atoms with Gasteiger partial charge in [0, 0.05) is 37.8 Å². The minimum absolute atomic E-state index is 0.0601. The number of carbonyl (C=O) groups is 1. The maximum absolute atomic E-state index is 13.2. The number of carbonyl (C=O) groups excluding carboxylic acids is 1. The lowest BCUT2D eigenvalue weighted by Crippen LogP contribution is -2.50. The van der Waals surface area contributed by atoms with E-state index in [1.165, 1.54) is 15.6 Å². The second-order valence-corrected chi connectivity index (χ2v) is 11.0. The molecule has 0 N–H and O–H groups in total. The lowest BCUT2D eigenvalue weighted by atomic mass is 10.2. The van der Waals surface area contributed by atoms with Crippen molar-refractivity contribution in [3.63, 3.8) is 0 Å². The SMILES string of the molecule is Cc1cnc2c(S(=O)(=O)N3CCN(C(=O)c4ccc(Br)s4)CC3)cccc2c1. The van der Waals surface area contributed by atoms with Crippen molar-refractivity contribution < 1.29 is 13.2 Å². The average molecular weight is 480 g/mol. The Morgan fingerprint density at radius 1 is 1.14 bits per heavy atom. The van der Waals surface area contributed by atoms with Crippen LogP contribution in [-0.4, -0.2) is 54.7 Å². The van der Waals surface area contributed by atoms with Gasteiger partial charge in [-0.1, -0.05) is 12.1 Å². The van der Waals surface area contributed by atoms with Crippen LogP contribution in [0.1, 0.15) is 15.2 Å². The van der Waals surface area contributed by atoms with E-state index in [1.54, 1.807) is 29.3 Å². The number of thiophene rings is 1. The lowest BCUT2D eigenvalue weighted by Gasteiger charge is -2.33. The van der Waals surface area contributed by atoms with E-state index in [1.807, 2.05) is 25.1 Å². The largest absolute Gasteiger partial charge is 0.335 e. The maximum atomic E-state index is 13.2. The van der Waals surface area contributed by atoms with E-state index in [4.69, 9.17) is 0 Å². The Balaban J connectivity index is 1.55. The lowest BCUT2D eigenvalue weighted by molar-refractivity contribution is 0.0703. The topological polar surface area (TPSA) is 70.6 Å². The van der Waals surface area contributed by atoms with Gasteiger partial charge in [0.1, 0.15) is 4.90 Å². The van der Waals surface area contributed by atoms with Gasteiger partial charge in [-0.15, -0.1) is 11.3 Å². The molecule has 1 aliphatic heterocycles.